The van der Waals surface area contributed by atoms with Gasteiger partial charge in [0.05, 0.1) is 50.4 Å². The number of nitriles is 1. The van der Waals surface area contributed by atoms with Crippen molar-refractivity contribution >= 4 is 55.9 Å². The van der Waals surface area contributed by atoms with Gasteiger partial charge in [-0.2, -0.15) is 5.26 Å². The molecule has 38 heavy (non-hydrogen) atoms. The Morgan fingerprint density at radius 1 is 1.16 bits per heavy atom. The van der Waals surface area contributed by atoms with Crippen LogP contribution in [-0.2, 0) is 9.59 Å². The van der Waals surface area contributed by atoms with Gasteiger partial charge >= 0.3 is 0 Å². The second-order valence-corrected chi connectivity index (χ2v) is 10.3. The number of fused-ring (bicyclic) bond motifs is 1. The van der Waals surface area contributed by atoms with E-state index in [-0.39, 0.29) is 22.8 Å². The molecule has 11 heteroatoms. The summed E-state index contributed by atoms with van der Waals surface area (Å²) in [4.78, 5) is 30.4. The van der Waals surface area contributed by atoms with Crippen LogP contribution in [0.15, 0.2) is 93.2 Å². The number of anilines is 2. The Morgan fingerprint density at radius 2 is 1.95 bits per heavy atom. The van der Waals surface area contributed by atoms with Crippen molar-refractivity contribution in [3.8, 4) is 6.07 Å². The second-order valence-electron chi connectivity index (χ2n) is 8.25. The fourth-order valence-corrected chi connectivity index (χ4v) is 5.79. The number of nitrogens with one attached hydrogen (secondary N) is 3. The smallest absolute Gasteiger partial charge is 0.254 e. The lowest BCUT2D eigenvalue weighted by Crippen LogP contribution is -2.31. The normalized spacial score (nSPS) is 15.2. The molecule has 2 aromatic heterocycles. The van der Waals surface area contributed by atoms with E-state index in [0.29, 0.717) is 27.3 Å². The van der Waals surface area contributed by atoms with E-state index in [4.69, 9.17) is 4.42 Å². The van der Waals surface area contributed by atoms with Gasteiger partial charge in [0.2, 0.25) is 5.91 Å². The minimum atomic E-state index is -0.800. The van der Waals surface area contributed by atoms with Gasteiger partial charge in [0, 0.05) is 11.4 Å². The van der Waals surface area contributed by atoms with Crippen molar-refractivity contribution in [3.63, 3.8) is 0 Å². The number of amides is 2. The van der Waals surface area contributed by atoms with Crippen molar-refractivity contribution < 1.29 is 18.4 Å². The van der Waals surface area contributed by atoms with Gasteiger partial charge in [0.25, 0.3) is 5.91 Å². The van der Waals surface area contributed by atoms with Crippen LogP contribution in [0.1, 0.15) is 18.6 Å². The fourth-order valence-electron chi connectivity index (χ4n) is 4.02. The number of aromatic nitrogens is 1. The SMILES string of the molecule is CC1=C(C(=O)Nc2ccc(F)cc2)[C@@H](c2ccco2)C(C#N)=C(SCC(=O)Nc2nc3ccccc3s2)N1. The molecule has 190 valence electrons. The molecule has 0 radical (unpaired) electrons. The summed E-state index contributed by atoms with van der Waals surface area (Å²) in [6.45, 7) is 1.71. The number of thiazole rings is 1. The minimum Gasteiger partial charge on any atom is -0.468 e. The molecule has 2 amide bonds. The number of hydrogen-bond acceptors (Lipinski definition) is 8. The van der Waals surface area contributed by atoms with Crippen LogP contribution in [0.3, 0.4) is 0 Å². The maximum atomic E-state index is 13.3. The van der Waals surface area contributed by atoms with Gasteiger partial charge in [0.15, 0.2) is 5.13 Å². The molecule has 0 unspecified atom stereocenters. The molecule has 0 spiro atoms. The van der Waals surface area contributed by atoms with E-state index in [9.17, 15) is 19.2 Å². The summed E-state index contributed by atoms with van der Waals surface area (Å²) < 4.78 is 19.9. The third-order valence-electron chi connectivity index (χ3n) is 5.71. The van der Waals surface area contributed by atoms with Crippen LogP contribution in [0.2, 0.25) is 0 Å². The number of furan rings is 1. The maximum absolute atomic E-state index is 13.3. The summed E-state index contributed by atoms with van der Waals surface area (Å²) in [7, 11) is 0. The summed E-state index contributed by atoms with van der Waals surface area (Å²) >= 11 is 2.53. The number of benzene rings is 2. The summed E-state index contributed by atoms with van der Waals surface area (Å²) in [5.74, 6) is -1.55. The molecule has 0 aliphatic carbocycles. The topological polar surface area (TPSA) is 120 Å². The molecule has 8 nitrogen and oxygen atoms in total. The van der Waals surface area contributed by atoms with E-state index < -0.39 is 17.6 Å². The van der Waals surface area contributed by atoms with Crippen molar-refractivity contribution in [2.45, 2.75) is 12.8 Å². The second kappa shape index (κ2) is 10.9. The number of halogens is 1. The average molecular weight is 546 g/mol. The van der Waals surface area contributed by atoms with Crippen molar-refractivity contribution in [1.29, 1.82) is 5.26 Å². The quantitative estimate of drug-likeness (QED) is 0.271. The zero-order chi connectivity index (χ0) is 26.6. The molecule has 0 bridgehead atoms. The van der Waals surface area contributed by atoms with Crippen LogP contribution in [0.25, 0.3) is 10.2 Å². The molecular formula is C27H20FN5O3S2. The van der Waals surface area contributed by atoms with Crippen LogP contribution in [0.4, 0.5) is 15.2 Å². The van der Waals surface area contributed by atoms with Crippen LogP contribution in [0.5, 0.6) is 0 Å². The molecule has 3 N–H and O–H groups in total. The molecule has 2 aromatic carbocycles. The zero-order valence-corrected chi connectivity index (χ0v) is 21.6. The number of hydrogen-bond donors (Lipinski definition) is 3. The fraction of sp³-hybridized carbons (Fsp3) is 0.111. The van der Waals surface area contributed by atoms with Crippen molar-refractivity contribution in [1.82, 2.24) is 10.3 Å². The van der Waals surface area contributed by atoms with Crippen LogP contribution >= 0.6 is 23.1 Å². The molecule has 0 fully saturated rings. The van der Waals surface area contributed by atoms with Gasteiger partial charge in [-0.05, 0) is 55.5 Å². The summed E-state index contributed by atoms with van der Waals surface area (Å²) in [5, 5.41) is 19.7. The van der Waals surface area contributed by atoms with Gasteiger partial charge in [-0.3, -0.25) is 9.59 Å². The highest BCUT2D eigenvalue weighted by Crippen LogP contribution is 2.41. The average Bonchev–Trinajstić information content (AvgIpc) is 3.58. The Balaban J connectivity index is 1.36. The van der Waals surface area contributed by atoms with Crippen molar-refractivity contribution in [2.75, 3.05) is 16.4 Å². The molecule has 0 saturated heterocycles. The maximum Gasteiger partial charge on any atom is 0.254 e. The lowest BCUT2D eigenvalue weighted by atomic mass is 9.85. The number of nitrogens with zero attached hydrogens (tertiary/aromatic N) is 2. The lowest BCUT2D eigenvalue weighted by molar-refractivity contribution is -0.114. The highest BCUT2D eigenvalue weighted by molar-refractivity contribution is 8.03. The molecule has 1 aliphatic heterocycles. The van der Waals surface area contributed by atoms with Crippen LogP contribution in [0, 0.1) is 17.1 Å². The molecule has 0 saturated carbocycles. The first-order valence-electron chi connectivity index (χ1n) is 11.4. The van der Waals surface area contributed by atoms with Gasteiger partial charge in [-0.1, -0.05) is 35.2 Å². The van der Waals surface area contributed by atoms with Gasteiger partial charge in [-0.25, -0.2) is 9.37 Å². The van der Waals surface area contributed by atoms with Crippen LogP contribution < -0.4 is 16.0 Å². The Morgan fingerprint density at radius 3 is 2.66 bits per heavy atom. The number of carbonyl (C=O) groups excluding carboxylic acids is 2. The number of carbonyl (C=O) groups is 2. The first kappa shape index (κ1) is 25.3. The standard InChI is InChI=1S/C27H20FN5O3S2/c1-15-23(25(35)31-17-10-8-16(28)9-11-17)24(20-6-4-12-36-20)18(13-29)26(30-15)37-14-22(34)33-27-32-19-5-2-3-7-21(19)38-27/h2-12,24,30H,14H2,1H3,(H,31,35)(H,32,33,34)/t24-/m1/s1. The van der Waals surface area contributed by atoms with E-state index in [0.717, 1.165) is 22.0 Å². The molecule has 1 aliphatic rings. The van der Waals surface area contributed by atoms with Crippen LogP contribution in [-0.4, -0.2) is 22.6 Å². The predicted molar refractivity (Wildman–Crippen MR) is 146 cm³/mol. The Labute approximate surface area is 225 Å². The summed E-state index contributed by atoms with van der Waals surface area (Å²) in [6.07, 6.45) is 1.47. The Hall–Kier alpha value is -4.40. The first-order chi connectivity index (χ1) is 18.4. The van der Waals surface area contributed by atoms with Crippen molar-refractivity contribution in [3.05, 3.63) is 100 Å². The number of allylic oxidation sites excluding steroid dienone is 2. The molecule has 4 aromatic rings. The third-order valence-corrected chi connectivity index (χ3v) is 7.68. The van der Waals surface area contributed by atoms with Gasteiger partial charge in [-0.15, -0.1) is 0 Å². The van der Waals surface area contributed by atoms with Crippen molar-refractivity contribution in [2.24, 2.45) is 0 Å². The number of para-hydroxylation sites is 1. The third kappa shape index (κ3) is 5.32. The number of thioether (sulfide) groups is 1. The lowest BCUT2D eigenvalue weighted by Gasteiger charge is -2.28. The molecule has 3 heterocycles. The minimum absolute atomic E-state index is 0.0126. The summed E-state index contributed by atoms with van der Waals surface area (Å²) in [5.41, 5.74) is 2.23. The molecular weight excluding hydrogens is 525 g/mol. The van der Waals surface area contributed by atoms with E-state index >= 15 is 0 Å². The largest absolute Gasteiger partial charge is 0.468 e. The number of dihydropyridines is 1. The molecule has 1 atom stereocenters. The summed E-state index contributed by atoms with van der Waals surface area (Å²) in [6, 6.07) is 18.5. The van der Waals surface area contributed by atoms with E-state index in [1.54, 1.807) is 19.1 Å². The first-order valence-corrected chi connectivity index (χ1v) is 13.2. The van der Waals surface area contributed by atoms with E-state index in [1.807, 2.05) is 24.3 Å². The highest BCUT2D eigenvalue weighted by Gasteiger charge is 2.36. The highest BCUT2D eigenvalue weighted by atomic mass is 32.2. The van der Waals surface area contributed by atoms with E-state index in [1.165, 1.54) is 41.9 Å². The number of rotatable bonds is 7. The zero-order valence-electron chi connectivity index (χ0n) is 19.9. The van der Waals surface area contributed by atoms with E-state index in [2.05, 4.69) is 27.0 Å². The van der Waals surface area contributed by atoms with Gasteiger partial charge in [0.1, 0.15) is 11.6 Å². The monoisotopic (exact) mass is 545 g/mol. The Bertz CT molecular complexity index is 1590. The Kier molecular flexibility index (Phi) is 7.26. The van der Waals surface area contributed by atoms with Gasteiger partial charge < -0.3 is 20.4 Å². The predicted octanol–water partition coefficient (Wildman–Crippen LogP) is 5.73. The molecule has 5 rings (SSSR count).